The predicted octanol–water partition coefficient (Wildman–Crippen LogP) is 6.70. The molecule has 0 fully saturated rings. The highest BCUT2D eigenvalue weighted by atomic mass is 16.3. The SMILES string of the molecule is C=C(C)/C=C/C=C/C=C/C.Cc1cc(O)cc(/C=C/c2ccc(N)cc2)c1. The number of allylic oxidation sites excluding steroid dienone is 7. The fourth-order valence-electron chi connectivity index (χ4n) is 2.15. The Balaban J connectivity index is 0.000000314. The average molecular weight is 360 g/mol. The molecule has 0 aromatic heterocycles. The van der Waals surface area contributed by atoms with Crippen LogP contribution in [-0.2, 0) is 0 Å². The molecule has 27 heavy (non-hydrogen) atoms. The van der Waals surface area contributed by atoms with Crippen molar-refractivity contribution in [1.29, 1.82) is 0 Å². The van der Waals surface area contributed by atoms with Gasteiger partial charge in [0.25, 0.3) is 0 Å². The number of anilines is 1. The second kappa shape index (κ2) is 12.2. The Hall–Kier alpha value is -3.26. The zero-order chi connectivity index (χ0) is 20.1. The van der Waals surface area contributed by atoms with E-state index in [-0.39, 0.29) is 0 Å². The number of aryl methyl sites for hydroxylation is 1. The van der Waals surface area contributed by atoms with Crippen molar-refractivity contribution in [1.82, 2.24) is 0 Å². The topological polar surface area (TPSA) is 46.2 Å². The van der Waals surface area contributed by atoms with Crippen molar-refractivity contribution in [2.24, 2.45) is 0 Å². The predicted molar refractivity (Wildman–Crippen MR) is 121 cm³/mol. The summed E-state index contributed by atoms with van der Waals surface area (Å²) < 4.78 is 0. The number of phenols is 1. The highest BCUT2D eigenvalue weighted by Gasteiger charge is 1.94. The summed E-state index contributed by atoms with van der Waals surface area (Å²) >= 11 is 0. The zero-order valence-corrected chi connectivity index (χ0v) is 16.4. The molecule has 0 aliphatic rings. The van der Waals surface area contributed by atoms with E-state index in [0.29, 0.717) is 5.75 Å². The molecule has 0 saturated heterocycles. The van der Waals surface area contributed by atoms with Crippen molar-refractivity contribution >= 4 is 17.8 Å². The number of nitrogen functional groups attached to an aromatic ring is 1. The van der Waals surface area contributed by atoms with Crippen LogP contribution in [0.1, 0.15) is 30.5 Å². The number of nitrogens with two attached hydrogens (primary N) is 1. The molecule has 3 N–H and O–H groups in total. The summed E-state index contributed by atoms with van der Waals surface area (Å²) in [4.78, 5) is 0. The summed E-state index contributed by atoms with van der Waals surface area (Å²) in [5.41, 5.74) is 10.6. The fraction of sp³-hybridized carbons (Fsp3) is 0.120. The smallest absolute Gasteiger partial charge is 0.116 e. The van der Waals surface area contributed by atoms with E-state index in [0.717, 1.165) is 28.0 Å². The number of phenolic OH excluding ortho intramolecular Hbond substituents is 1. The van der Waals surface area contributed by atoms with Gasteiger partial charge in [0.1, 0.15) is 5.75 Å². The molecule has 2 aromatic rings. The first-order valence-electron chi connectivity index (χ1n) is 8.86. The van der Waals surface area contributed by atoms with E-state index in [1.807, 2.05) is 99.7 Å². The third kappa shape index (κ3) is 10.4. The molecule has 2 aromatic carbocycles. The molecule has 0 unspecified atom stereocenters. The molecule has 2 nitrogen and oxygen atoms in total. The van der Waals surface area contributed by atoms with Gasteiger partial charge in [0.15, 0.2) is 0 Å². The minimum atomic E-state index is 0.293. The number of benzene rings is 2. The molecule has 0 amide bonds. The monoisotopic (exact) mass is 359 g/mol. The Labute approximate surface area is 163 Å². The van der Waals surface area contributed by atoms with Gasteiger partial charge in [0.05, 0.1) is 0 Å². The minimum absolute atomic E-state index is 0.293. The number of hydrogen-bond donors (Lipinski definition) is 2. The van der Waals surface area contributed by atoms with Crippen LogP contribution in [0.4, 0.5) is 5.69 Å². The van der Waals surface area contributed by atoms with Gasteiger partial charge in [-0.2, -0.15) is 0 Å². The van der Waals surface area contributed by atoms with Crippen LogP contribution in [0.2, 0.25) is 0 Å². The molecule has 0 heterocycles. The van der Waals surface area contributed by atoms with Crippen molar-refractivity contribution in [3.63, 3.8) is 0 Å². The number of aromatic hydroxyl groups is 1. The quantitative estimate of drug-likeness (QED) is 0.354. The average Bonchev–Trinajstić information content (AvgIpc) is 2.61. The Kier molecular flexibility index (Phi) is 9.80. The van der Waals surface area contributed by atoms with Crippen LogP contribution >= 0.6 is 0 Å². The van der Waals surface area contributed by atoms with E-state index >= 15 is 0 Å². The van der Waals surface area contributed by atoms with E-state index in [2.05, 4.69) is 6.58 Å². The van der Waals surface area contributed by atoms with Crippen molar-refractivity contribution in [2.75, 3.05) is 5.73 Å². The van der Waals surface area contributed by atoms with Crippen LogP contribution < -0.4 is 5.73 Å². The molecule has 0 radical (unpaired) electrons. The van der Waals surface area contributed by atoms with Gasteiger partial charge in [0.2, 0.25) is 0 Å². The molecule has 2 rings (SSSR count). The lowest BCUT2D eigenvalue weighted by Crippen LogP contribution is -1.82. The van der Waals surface area contributed by atoms with Crippen LogP contribution in [0.25, 0.3) is 12.2 Å². The molecular weight excluding hydrogens is 330 g/mol. The lowest BCUT2D eigenvalue weighted by atomic mass is 10.1. The number of hydrogen-bond acceptors (Lipinski definition) is 2. The van der Waals surface area contributed by atoms with Crippen molar-refractivity contribution < 1.29 is 5.11 Å². The van der Waals surface area contributed by atoms with Crippen LogP contribution in [0.5, 0.6) is 5.75 Å². The van der Waals surface area contributed by atoms with E-state index in [4.69, 9.17) is 5.73 Å². The van der Waals surface area contributed by atoms with E-state index < -0.39 is 0 Å². The molecule has 140 valence electrons. The molecule has 0 aliphatic carbocycles. The third-order valence-electron chi connectivity index (χ3n) is 3.40. The maximum Gasteiger partial charge on any atom is 0.116 e. The molecule has 0 atom stereocenters. The maximum absolute atomic E-state index is 9.48. The van der Waals surface area contributed by atoms with Crippen molar-refractivity contribution in [3.8, 4) is 5.75 Å². The first kappa shape index (κ1) is 21.8. The van der Waals surface area contributed by atoms with Gasteiger partial charge in [-0.25, -0.2) is 0 Å². The van der Waals surface area contributed by atoms with Gasteiger partial charge < -0.3 is 10.8 Å². The third-order valence-corrected chi connectivity index (χ3v) is 3.40. The van der Waals surface area contributed by atoms with Crippen LogP contribution in [-0.4, -0.2) is 5.11 Å². The van der Waals surface area contributed by atoms with E-state index in [1.165, 1.54) is 0 Å². The first-order valence-corrected chi connectivity index (χ1v) is 8.86. The molecular formula is C25H29NO. The van der Waals surface area contributed by atoms with Crippen molar-refractivity contribution in [3.05, 3.63) is 108 Å². The standard InChI is InChI=1S/C15H15NO.C10H14/c1-11-8-13(10-15(17)9-11)3-2-12-4-6-14(16)7-5-12;1-4-5-6-7-8-9-10(2)3/h2-10,17H,16H2,1H3;4-9H,2H2,1,3H3/b3-2+;5-4+,7-6+,9-8+. The second-order valence-electron chi connectivity index (χ2n) is 6.22. The summed E-state index contributed by atoms with van der Waals surface area (Å²) in [6, 6.07) is 13.2. The van der Waals surface area contributed by atoms with Crippen LogP contribution in [0.15, 0.2) is 91.1 Å². The van der Waals surface area contributed by atoms with Crippen LogP contribution in [0.3, 0.4) is 0 Å². The summed E-state index contributed by atoms with van der Waals surface area (Å²) in [7, 11) is 0. The van der Waals surface area contributed by atoms with Crippen LogP contribution in [0, 0.1) is 6.92 Å². The van der Waals surface area contributed by atoms with Gasteiger partial charge in [0, 0.05) is 5.69 Å². The molecule has 0 saturated carbocycles. The zero-order valence-electron chi connectivity index (χ0n) is 16.4. The highest BCUT2D eigenvalue weighted by molar-refractivity contribution is 5.71. The van der Waals surface area contributed by atoms with Gasteiger partial charge in [-0.3, -0.25) is 0 Å². The fourth-order valence-corrected chi connectivity index (χ4v) is 2.15. The molecule has 0 aliphatic heterocycles. The molecule has 0 bridgehead atoms. The number of rotatable bonds is 5. The van der Waals surface area contributed by atoms with Gasteiger partial charge >= 0.3 is 0 Å². The lowest BCUT2D eigenvalue weighted by Gasteiger charge is -1.99. The Morgan fingerprint density at radius 1 is 0.926 bits per heavy atom. The largest absolute Gasteiger partial charge is 0.508 e. The highest BCUT2D eigenvalue weighted by Crippen LogP contribution is 2.17. The Morgan fingerprint density at radius 3 is 2.15 bits per heavy atom. The Morgan fingerprint density at radius 2 is 1.56 bits per heavy atom. The van der Waals surface area contributed by atoms with Gasteiger partial charge in [-0.15, -0.1) is 0 Å². The second-order valence-corrected chi connectivity index (χ2v) is 6.22. The normalized spacial score (nSPS) is 11.4. The van der Waals surface area contributed by atoms with Gasteiger partial charge in [-0.1, -0.05) is 79.0 Å². The summed E-state index contributed by atoms with van der Waals surface area (Å²) in [5.74, 6) is 0.293. The first-order chi connectivity index (χ1) is 12.9. The minimum Gasteiger partial charge on any atom is -0.508 e. The Bertz CT molecular complexity index is 817. The molecule has 0 spiro atoms. The summed E-state index contributed by atoms with van der Waals surface area (Å²) in [5, 5.41) is 9.48. The summed E-state index contributed by atoms with van der Waals surface area (Å²) in [6.45, 7) is 9.66. The van der Waals surface area contributed by atoms with Gasteiger partial charge in [-0.05, 0) is 61.7 Å². The van der Waals surface area contributed by atoms with E-state index in [1.54, 1.807) is 12.1 Å². The lowest BCUT2D eigenvalue weighted by molar-refractivity contribution is 0.475. The molecule has 2 heteroatoms. The van der Waals surface area contributed by atoms with Crippen molar-refractivity contribution in [2.45, 2.75) is 20.8 Å². The summed E-state index contributed by atoms with van der Waals surface area (Å²) in [6.07, 6.45) is 15.9. The van der Waals surface area contributed by atoms with E-state index in [9.17, 15) is 5.11 Å². The maximum atomic E-state index is 9.48.